The zero-order valence-electron chi connectivity index (χ0n) is 40.0. The number of aliphatic carboxylic acids is 1. The van der Waals surface area contributed by atoms with Gasteiger partial charge in [0.1, 0.15) is 42.3 Å². The van der Waals surface area contributed by atoms with Crippen LogP contribution in [0.5, 0.6) is 0 Å². The topological polar surface area (TPSA) is 342 Å². The van der Waals surface area contributed by atoms with Crippen molar-refractivity contribution in [3.8, 4) is 0 Å². The largest absolute Gasteiger partial charge is 0.480 e. The number of amides is 7. The van der Waals surface area contributed by atoms with Crippen LogP contribution in [0.2, 0.25) is 0 Å². The fraction of sp³-hybridized carbons (Fsp3) is 0.521. The van der Waals surface area contributed by atoms with Crippen LogP contribution in [0.1, 0.15) is 83.5 Å². The van der Waals surface area contributed by atoms with Gasteiger partial charge in [-0.25, -0.2) is 9.78 Å². The highest BCUT2D eigenvalue weighted by Gasteiger charge is 2.35. The Balaban J connectivity index is 1.78. The molecule has 0 saturated carbocycles. The highest BCUT2D eigenvalue weighted by molar-refractivity contribution is 5.97. The number of imidazole rings is 1. The third-order valence-corrected chi connectivity index (χ3v) is 11.4. The van der Waals surface area contributed by atoms with Gasteiger partial charge in [0.05, 0.1) is 19.0 Å². The number of nitrogens with one attached hydrogen (secondary N) is 8. The number of carboxylic acids is 1. The monoisotopic (exact) mass is 962 g/mol. The Morgan fingerprint density at radius 3 is 1.68 bits per heavy atom. The van der Waals surface area contributed by atoms with E-state index in [1.54, 1.807) is 58.0 Å². The van der Waals surface area contributed by atoms with Crippen molar-refractivity contribution in [1.82, 2.24) is 47.2 Å². The van der Waals surface area contributed by atoms with Crippen molar-refractivity contribution < 1.29 is 48.6 Å². The number of aliphatic hydroxyl groups excluding tert-OH is 1. The van der Waals surface area contributed by atoms with Gasteiger partial charge in [-0.1, -0.05) is 94.8 Å². The summed E-state index contributed by atoms with van der Waals surface area (Å²) in [6.45, 7) is 7.86. The molecule has 14 N–H and O–H groups in total. The first-order chi connectivity index (χ1) is 32.9. The molecule has 2 aromatic carbocycles. The number of carbonyl (C=O) groups excluding carboxylic acids is 7. The molecule has 0 radical (unpaired) electrons. The molecule has 1 aromatic heterocycles. The Labute approximate surface area is 402 Å². The van der Waals surface area contributed by atoms with Gasteiger partial charge in [-0.3, -0.25) is 33.6 Å². The molecule has 3 aromatic rings. The van der Waals surface area contributed by atoms with Gasteiger partial charge in [0.2, 0.25) is 41.4 Å². The van der Waals surface area contributed by atoms with Crippen LogP contribution in [0.4, 0.5) is 0 Å². The highest BCUT2D eigenvalue weighted by Crippen LogP contribution is 2.12. The van der Waals surface area contributed by atoms with Crippen molar-refractivity contribution >= 4 is 47.3 Å². The molecule has 21 heteroatoms. The molecule has 0 fully saturated rings. The fourth-order valence-corrected chi connectivity index (χ4v) is 7.21. The van der Waals surface area contributed by atoms with E-state index >= 15 is 0 Å². The molecule has 3 rings (SSSR count). The van der Waals surface area contributed by atoms with E-state index in [1.165, 1.54) is 19.4 Å². The number of H-pyrrole nitrogens is 1. The summed E-state index contributed by atoms with van der Waals surface area (Å²) in [5, 5.41) is 38.3. The van der Waals surface area contributed by atoms with Crippen molar-refractivity contribution in [2.24, 2.45) is 23.3 Å². The van der Waals surface area contributed by atoms with E-state index < -0.39 is 108 Å². The minimum atomic E-state index is -1.63. The first-order valence-electron chi connectivity index (χ1n) is 23.3. The van der Waals surface area contributed by atoms with Gasteiger partial charge in [0.15, 0.2) is 0 Å². The Bertz CT molecular complexity index is 2110. The van der Waals surface area contributed by atoms with Crippen LogP contribution in [0.15, 0.2) is 73.2 Å². The average Bonchev–Trinajstić information content (AvgIpc) is 3.84. The molecule has 7 amide bonds. The van der Waals surface area contributed by atoms with Crippen LogP contribution >= 0.6 is 0 Å². The van der Waals surface area contributed by atoms with E-state index in [1.807, 2.05) is 30.3 Å². The third kappa shape index (κ3) is 19.4. The summed E-state index contributed by atoms with van der Waals surface area (Å²) in [6.07, 6.45) is 4.60. The summed E-state index contributed by atoms with van der Waals surface area (Å²) < 4.78 is 0. The Hall–Kier alpha value is -6.71. The molecule has 69 heavy (non-hydrogen) atoms. The van der Waals surface area contributed by atoms with E-state index in [0.29, 0.717) is 37.1 Å². The number of unbranched alkanes of at least 4 members (excludes halogenated alkanes) is 1. The van der Waals surface area contributed by atoms with Gasteiger partial charge >= 0.3 is 5.97 Å². The minimum absolute atomic E-state index is 0.0343. The second kappa shape index (κ2) is 29.2. The summed E-state index contributed by atoms with van der Waals surface area (Å²) in [6, 6.07) is 7.83. The lowest BCUT2D eigenvalue weighted by Gasteiger charge is -2.28. The molecule has 0 aliphatic rings. The Morgan fingerprint density at radius 2 is 1.13 bits per heavy atom. The summed E-state index contributed by atoms with van der Waals surface area (Å²) in [7, 11) is 0. The van der Waals surface area contributed by atoms with Crippen molar-refractivity contribution in [2.75, 3.05) is 13.2 Å². The van der Waals surface area contributed by atoms with Gasteiger partial charge in [-0.05, 0) is 68.5 Å². The second-order valence-electron chi connectivity index (χ2n) is 17.6. The minimum Gasteiger partial charge on any atom is -0.480 e. The van der Waals surface area contributed by atoms with Crippen LogP contribution in [-0.2, 0) is 57.6 Å². The van der Waals surface area contributed by atoms with Crippen molar-refractivity contribution in [3.63, 3.8) is 0 Å². The quantitative estimate of drug-likeness (QED) is 0.0375. The van der Waals surface area contributed by atoms with Crippen LogP contribution in [0.3, 0.4) is 0 Å². The lowest BCUT2D eigenvalue weighted by molar-refractivity contribution is -0.144. The second-order valence-corrected chi connectivity index (χ2v) is 17.6. The van der Waals surface area contributed by atoms with E-state index in [4.69, 9.17) is 11.5 Å². The number of carboxylic acid groups (broad SMARTS) is 1. The zero-order chi connectivity index (χ0) is 51.0. The smallest absolute Gasteiger partial charge is 0.326 e. The number of carbonyl (C=O) groups is 8. The molecule has 0 bridgehead atoms. The number of aromatic amines is 1. The van der Waals surface area contributed by atoms with E-state index in [9.17, 15) is 48.6 Å². The van der Waals surface area contributed by atoms with Gasteiger partial charge in [-0.2, -0.15) is 0 Å². The van der Waals surface area contributed by atoms with Crippen LogP contribution in [-0.4, -0.2) is 129 Å². The predicted octanol–water partition coefficient (Wildman–Crippen LogP) is -0.524. The van der Waals surface area contributed by atoms with E-state index in [2.05, 4.69) is 47.2 Å². The van der Waals surface area contributed by atoms with E-state index in [0.717, 1.165) is 5.56 Å². The fourth-order valence-electron chi connectivity index (χ4n) is 7.21. The summed E-state index contributed by atoms with van der Waals surface area (Å²) in [5.74, 6) is -7.31. The number of aliphatic hydroxyl groups is 1. The maximum Gasteiger partial charge on any atom is 0.326 e. The molecule has 21 nitrogen and oxygen atoms in total. The molecule has 378 valence electrons. The molecule has 0 aliphatic heterocycles. The average molecular weight is 962 g/mol. The summed E-state index contributed by atoms with van der Waals surface area (Å²) in [5.41, 5.74) is 13.8. The Morgan fingerprint density at radius 1 is 0.623 bits per heavy atom. The highest BCUT2D eigenvalue weighted by atomic mass is 16.4. The first kappa shape index (κ1) is 56.6. The van der Waals surface area contributed by atoms with Crippen LogP contribution in [0, 0.1) is 11.8 Å². The first-order valence-corrected chi connectivity index (χ1v) is 23.3. The molecule has 0 spiro atoms. The maximum atomic E-state index is 14.2. The molecule has 0 aliphatic carbocycles. The lowest BCUT2D eigenvalue weighted by atomic mass is 9.98. The van der Waals surface area contributed by atoms with Crippen LogP contribution < -0.4 is 48.7 Å². The van der Waals surface area contributed by atoms with Crippen molar-refractivity contribution in [3.05, 3.63) is 90.0 Å². The summed E-state index contributed by atoms with van der Waals surface area (Å²) in [4.78, 5) is 115. The SMILES string of the molecule is CC[C@H](C)[C@H](NC(=O)[C@H](Cc1cnc[nH]1)NC(=O)[C@H](CO)NC(=O)[C@H](CC(C)C)NC(=O)[C@H](Cc1ccccc1)NC(=O)[C@H](C)NC(=O)[C@H](CCCCN)NC(=O)[C@@H](N)Cc1ccccc1)C(=O)O. The molecule has 1 heterocycles. The number of benzene rings is 2. The predicted molar refractivity (Wildman–Crippen MR) is 256 cm³/mol. The number of nitrogens with zero attached hydrogens (tertiary/aromatic N) is 1. The van der Waals surface area contributed by atoms with Crippen molar-refractivity contribution in [1.29, 1.82) is 0 Å². The number of hydrogen-bond donors (Lipinski definition) is 12. The zero-order valence-corrected chi connectivity index (χ0v) is 40.0. The van der Waals surface area contributed by atoms with Gasteiger partial charge in [0, 0.05) is 24.7 Å². The standard InChI is InChI=1S/C48H71N11O10/c1-6-29(4)40(48(68)69)59-46(66)38(24-33-25-51-27-52-33)57-47(67)39(26-60)58-44(64)36(21-28(2)3)56-45(65)37(23-32-17-11-8-12-18-32)55-41(61)30(5)53-43(63)35(19-13-14-20-49)54-42(62)34(50)22-31-15-9-7-10-16-31/h7-12,15-18,25,27-30,34-40,60H,6,13-14,19-24,26,49-50H2,1-5H3,(H,51,52)(H,53,63)(H,54,62)(H,55,61)(H,56,65)(H,57,67)(H,58,64)(H,59,66)(H,68,69)/t29-,30-,34-,35-,36-,37-,38-,39-,40-/m0/s1. The number of nitrogens with two attached hydrogens (primary N) is 2. The normalized spacial score (nSPS) is 15.1. The van der Waals surface area contributed by atoms with Crippen LogP contribution in [0.25, 0.3) is 0 Å². The molecule has 0 saturated heterocycles. The third-order valence-electron chi connectivity index (χ3n) is 11.4. The molecule has 9 atom stereocenters. The number of hydrogen-bond acceptors (Lipinski definition) is 12. The van der Waals surface area contributed by atoms with Crippen molar-refractivity contribution in [2.45, 2.75) is 134 Å². The number of aromatic nitrogens is 2. The lowest BCUT2D eigenvalue weighted by Crippen LogP contribution is -2.61. The number of rotatable bonds is 30. The molecular weight excluding hydrogens is 891 g/mol. The maximum absolute atomic E-state index is 14.2. The molecule has 0 unspecified atom stereocenters. The van der Waals surface area contributed by atoms with E-state index in [-0.39, 0.29) is 38.0 Å². The molecular formula is C48H71N11O10. The summed E-state index contributed by atoms with van der Waals surface area (Å²) >= 11 is 0. The van der Waals surface area contributed by atoms with Gasteiger partial charge < -0.3 is 63.9 Å². The van der Waals surface area contributed by atoms with Gasteiger partial charge in [0.25, 0.3) is 0 Å². The van der Waals surface area contributed by atoms with Gasteiger partial charge in [-0.15, -0.1) is 0 Å². The Kier molecular flexibility index (Phi) is 24.0.